The minimum atomic E-state index is -4.23. The van der Waals surface area contributed by atoms with Crippen molar-refractivity contribution in [1.82, 2.24) is 4.90 Å². The van der Waals surface area contributed by atoms with Crippen molar-refractivity contribution in [3.63, 3.8) is 0 Å². The van der Waals surface area contributed by atoms with Crippen LogP contribution in [0.3, 0.4) is 0 Å². The smallest absolute Gasteiger partial charge is 0.382 e. The second-order valence-corrected chi connectivity index (χ2v) is 5.06. The molecule has 21 heavy (non-hydrogen) atoms. The van der Waals surface area contributed by atoms with Gasteiger partial charge in [0.1, 0.15) is 0 Å². The minimum absolute atomic E-state index is 0.0840. The SMILES string of the molecule is Fc1cc(NC2CCN(CC(F)(F)F)CC2)cc(F)c1F. The van der Waals surface area contributed by atoms with Crippen molar-refractivity contribution in [2.45, 2.75) is 25.1 Å². The quantitative estimate of drug-likeness (QED) is 0.678. The maximum absolute atomic E-state index is 13.1. The summed E-state index contributed by atoms with van der Waals surface area (Å²) in [7, 11) is 0. The highest BCUT2D eigenvalue weighted by Crippen LogP contribution is 2.23. The summed E-state index contributed by atoms with van der Waals surface area (Å²) in [5.41, 5.74) is 0.0840. The van der Waals surface area contributed by atoms with Crippen LogP contribution in [-0.2, 0) is 0 Å². The third-order valence-electron chi connectivity index (χ3n) is 3.35. The molecule has 1 aromatic rings. The van der Waals surface area contributed by atoms with E-state index in [0.717, 1.165) is 12.1 Å². The first-order valence-electron chi connectivity index (χ1n) is 6.45. The van der Waals surface area contributed by atoms with Crippen LogP contribution < -0.4 is 5.32 Å². The molecule has 1 N–H and O–H groups in total. The Labute approximate surface area is 117 Å². The van der Waals surface area contributed by atoms with Crippen molar-refractivity contribution in [3.05, 3.63) is 29.6 Å². The molecular weight excluding hydrogens is 298 g/mol. The van der Waals surface area contributed by atoms with Crippen LogP contribution in [0.5, 0.6) is 0 Å². The van der Waals surface area contributed by atoms with Gasteiger partial charge in [0.2, 0.25) is 0 Å². The molecular formula is C13H14F6N2. The number of piperidine rings is 1. The van der Waals surface area contributed by atoms with E-state index >= 15 is 0 Å². The Morgan fingerprint density at radius 1 is 1.05 bits per heavy atom. The molecule has 0 bridgehead atoms. The first-order chi connectivity index (χ1) is 9.74. The highest BCUT2D eigenvalue weighted by Gasteiger charge is 2.32. The molecule has 0 spiro atoms. The fraction of sp³-hybridized carbons (Fsp3) is 0.538. The monoisotopic (exact) mass is 312 g/mol. The van der Waals surface area contributed by atoms with E-state index in [9.17, 15) is 26.3 Å². The molecule has 2 nitrogen and oxygen atoms in total. The molecule has 8 heteroatoms. The van der Waals surface area contributed by atoms with Crippen molar-refractivity contribution in [1.29, 1.82) is 0 Å². The standard InChI is InChI=1S/C13H14F6N2/c14-10-5-9(6-11(15)12(10)16)20-8-1-3-21(4-2-8)7-13(17,18)19/h5-6,8,20H,1-4,7H2. The predicted octanol–water partition coefficient (Wildman–Crippen LogP) is 3.54. The van der Waals surface area contributed by atoms with Gasteiger partial charge in [0.25, 0.3) is 0 Å². The second-order valence-electron chi connectivity index (χ2n) is 5.06. The number of nitrogens with one attached hydrogen (secondary N) is 1. The summed E-state index contributed by atoms with van der Waals surface area (Å²) in [5.74, 6) is -4.14. The van der Waals surface area contributed by atoms with Gasteiger partial charge >= 0.3 is 6.18 Å². The van der Waals surface area contributed by atoms with Gasteiger partial charge in [-0.3, -0.25) is 4.90 Å². The zero-order valence-corrected chi connectivity index (χ0v) is 11.0. The van der Waals surface area contributed by atoms with Crippen LogP contribution in [0, 0.1) is 17.5 Å². The van der Waals surface area contributed by atoms with Crippen molar-refractivity contribution >= 4 is 5.69 Å². The fourth-order valence-corrected chi connectivity index (χ4v) is 2.36. The summed E-state index contributed by atoms with van der Waals surface area (Å²) in [6.45, 7) is -0.480. The van der Waals surface area contributed by atoms with Crippen LogP contribution in [-0.4, -0.2) is 36.8 Å². The number of hydrogen-bond acceptors (Lipinski definition) is 2. The van der Waals surface area contributed by atoms with E-state index in [4.69, 9.17) is 0 Å². The van der Waals surface area contributed by atoms with E-state index in [1.54, 1.807) is 0 Å². The number of anilines is 1. The number of likely N-dealkylation sites (tertiary alicyclic amines) is 1. The van der Waals surface area contributed by atoms with Gasteiger partial charge in [0.15, 0.2) is 17.5 Å². The topological polar surface area (TPSA) is 15.3 Å². The van der Waals surface area contributed by atoms with Gasteiger partial charge < -0.3 is 5.32 Å². The first kappa shape index (κ1) is 15.9. The Kier molecular flexibility index (Phi) is 4.65. The van der Waals surface area contributed by atoms with Crippen molar-refractivity contribution < 1.29 is 26.3 Å². The van der Waals surface area contributed by atoms with Crippen molar-refractivity contribution in [3.8, 4) is 0 Å². The molecule has 0 unspecified atom stereocenters. The normalized spacial score (nSPS) is 18.0. The highest BCUT2D eigenvalue weighted by atomic mass is 19.4. The molecule has 1 heterocycles. The van der Waals surface area contributed by atoms with Gasteiger partial charge in [-0.25, -0.2) is 13.2 Å². The van der Waals surface area contributed by atoms with Crippen LogP contribution in [0.25, 0.3) is 0 Å². The lowest BCUT2D eigenvalue weighted by Gasteiger charge is -2.33. The maximum atomic E-state index is 13.1. The van der Waals surface area contributed by atoms with E-state index in [1.165, 1.54) is 4.90 Å². The van der Waals surface area contributed by atoms with Gasteiger partial charge in [0, 0.05) is 37.0 Å². The third kappa shape index (κ3) is 4.52. The van der Waals surface area contributed by atoms with Crippen LogP contribution in [0.15, 0.2) is 12.1 Å². The molecule has 118 valence electrons. The second kappa shape index (κ2) is 6.13. The lowest BCUT2D eigenvalue weighted by atomic mass is 10.0. The zero-order valence-electron chi connectivity index (χ0n) is 11.0. The van der Waals surface area contributed by atoms with E-state index < -0.39 is 30.2 Å². The zero-order chi connectivity index (χ0) is 15.6. The lowest BCUT2D eigenvalue weighted by molar-refractivity contribution is -0.147. The van der Waals surface area contributed by atoms with E-state index in [-0.39, 0.29) is 24.8 Å². The first-order valence-corrected chi connectivity index (χ1v) is 6.45. The number of alkyl halides is 3. The van der Waals surface area contributed by atoms with Gasteiger partial charge in [-0.05, 0) is 12.8 Å². The van der Waals surface area contributed by atoms with E-state index in [0.29, 0.717) is 12.8 Å². The molecule has 1 fully saturated rings. The molecule has 2 rings (SSSR count). The lowest BCUT2D eigenvalue weighted by Crippen LogP contribution is -2.43. The summed E-state index contributed by atoms with van der Waals surface area (Å²) in [5, 5.41) is 2.82. The highest BCUT2D eigenvalue weighted by molar-refractivity contribution is 5.45. The van der Waals surface area contributed by atoms with Crippen LogP contribution in [0.4, 0.5) is 32.0 Å². The summed E-state index contributed by atoms with van der Waals surface area (Å²) in [6, 6.07) is 1.47. The average Bonchev–Trinajstić information content (AvgIpc) is 2.36. The fourth-order valence-electron chi connectivity index (χ4n) is 2.36. The van der Waals surface area contributed by atoms with Crippen LogP contribution >= 0.6 is 0 Å². The molecule has 0 saturated carbocycles. The summed E-state index contributed by atoms with van der Waals surface area (Å²) < 4.78 is 75.6. The average molecular weight is 312 g/mol. The molecule has 1 saturated heterocycles. The number of rotatable bonds is 3. The molecule has 1 aromatic carbocycles. The van der Waals surface area contributed by atoms with Gasteiger partial charge in [-0.1, -0.05) is 0 Å². The summed E-state index contributed by atoms with van der Waals surface area (Å²) >= 11 is 0. The molecule has 0 radical (unpaired) electrons. The van der Waals surface area contributed by atoms with E-state index in [1.807, 2.05) is 0 Å². The molecule has 0 aliphatic carbocycles. The molecule has 1 aliphatic heterocycles. The summed E-state index contributed by atoms with van der Waals surface area (Å²) in [6.07, 6.45) is -3.41. The maximum Gasteiger partial charge on any atom is 0.401 e. The number of nitrogens with zero attached hydrogens (tertiary/aromatic N) is 1. The van der Waals surface area contributed by atoms with Gasteiger partial charge in [0.05, 0.1) is 6.54 Å². The molecule has 0 atom stereocenters. The van der Waals surface area contributed by atoms with Crippen LogP contribution in [0.1, 0.15) is 12.8 Å². The third-order valence-corrected chi connectivity index (χ3v) is 3.35. The van der Waals surface area contributed by atoms with E-state index in [2.05, 4.69) is 5.32 Å². The molecule has 0 aromatic heterocycles. The Morgan fingerprint density at radius 3 is 2.05 bits per heavy atom. The van der Waals surface area contributed by atoms with Gasteiger partial charge in [-0.2, -0.15) is 13.2 Å². The molecule has 0 amide bonds. The predicted molar refractivity (Wildman–Crippen MR) is 65.5 cm³/mol. The van der Waals surface area contributed by atoms with Crippen LogP contribution in [0.2, 0.25) is 0 Å². The number of hydrogen-bond donors (Lipinski definition) is 1. The Bertz CT molecular complexity index is 471. The number of halogens is 6. The summed E-state index contributed by atoms with van der Waals surface area (Å²) in [4.78, 5) is 1.28. The Balaban J connectivity index is 1.89. The van der Waals surface area contributed by atoms with Crippen molar-refractivity contribution in [2.75, 3.05) is 25.0 Å². The van der Waals surface area contributed by atoms with Crippen molar-refractivity contribution in [2.24, 2.45) is 0 Å². The number of benzene rings is 1. The minimum Gasteiger partial charge on any atom is -0.382 e. The van der Waals surface area contributed by atoms with Gasteiger partial charge in [-0.15, -0.1) is 0 Å². The largest absolute Gasteiger partial charge is 0.401 e. The Hall–Kier alpha value is -1.44. The molecule has 1 aliphatic rings. The Morgan fingerprint density at radius 2 is 1.57 bits per heavy atom.